The summed E-state index contributed by atoms with van der Waals surface area (Å²) in [7, 11) is 3.31. The lowest BCUT2D eigenvalue weighted by atomic mass is 10.0. The maximum absolute atomic E-state index is 13.2. The van der Waals surface area contributed by atoms with Crippen LogP contribution in [0.1, 0.15) is 74.9 Å². The highest BCUT2D eigenvalue weighted by molar-refractivity contribution is 5.99. The Hall–Kier alpha value is -4.26. The number of hydrogen-bond acceptors (Lipinski definition) is 7. The van der Waals surface area contributed by atoms with Crippen LogP contribution in [0.15, 0.2) is 41.6 Å². The first-order chi connectivity index (χ1) is 18.8. The molecule has 214 valence electrons. The maximum Gasteiger partial charge on any atom is 0.411 e. The Bertz CT molecular complexity index is 1310. The van der Waals surface area contributed by atoms with Gasteiger partial charge in [-0.05, 0) is 76.3 Å². The van der Waals surface area contributed by atoms with Crippen molar-refractivity contribution >= 4 is 17.8 Å². The molecule has 0 saturated carbocycles. The molecule has 2 aromatic rings. The molecule has 1 atom stereocenters. The number of nitrogens with two attached hydrogens (primary N) is 1. The molecule has 0 aliphatic heterocycles. The maximum atomic E-state index is 13.2. The number of likely N-dealkylation sites (N-methyl/N-ethyl adjacent to an activating group) is 1. The highest BCUT2D eigenvalue weighted by Crippen LogP contribution is 2.38. The number of ether oxygens (including phenoxy) is 2. The fraction of sp³-hybridized carbons (Fsp3) is 0.467. The van der Waals surface area contributed by atoms with E-state index in [1.807, 2.05) is 38.1 Å². The van der Waals surface area contributed by atoms with E-state index in [0.29, 0.717) is 29.7 Å². The van der Waals surface area contributed by atoms with Crippen molar-refractivity contribution in [3.8, 4) is 11.8 Å². The van der Waals surface area contributed by atoms with Gasteiger partial charge in [0, 0.05) is 19.7 Å². The molecular formula is C30H39N5O5. The zero-order chi connectivity index (χ0) is 29.6. The van der Waals surface area contributed by atoms with Gasteiger partial charge >= 0.3 is 6.09 Å². The summed E-state index contributed by atoms with van der Waals surface area (Å²) < 4.78 is 11.3. The average Bonchev–Trinajstić information content (AvgIpc) is 3.30. The number of carbonyl (C=O) groups is 2. The van der Waals surface area contributed by atoms with E-state index in [4.69, 9.17) is 20.0 Å². The first-order valence-corrected chi connectivity index (χ1v) is 13.3. The van der Waals surface area contributed by atoms with Crippen LogP contribution in [0.2, 0.25) is 0 Å². The molecule has 0 heterocycles. The van der Waals surface area contributed by atoms with E-state index in [9.17, 15) is 14.9 Å². The number of nitrogens with zero attached hydrogens (tertiary/aromatic N) is 4. The molecule has 40 heavy (non-hydrogen) atoms. The van der Waals surface area contributed by atoms with Gasteiger partial charge < -0.3 is 24.9 Å². The lowest BCUT2D eigenvalue weighted by Gasteiger charge is -2.32. The number of fused-ring (bicyclic) bond motifs is 1. The van der Waals surface area contributed by atoms with Crippen molar-refractivity contribution in [1.82, 2.24) is 9.80 Å². The van der Waals surface area contributed by atoms with Crippen molar-refractivity contribution in [2.45, 2.75) is 71.8 Å². The fourth-order valence-corrected chi connectivity index (χ4v) is 4.44. The molecule has 3 rings (SSSR count). The van der Waals surface area contributed by atoms with Crippen molar-refractivity contribution < 1.29 is 23.9 Å². The summed E-state index contributed by atoms with van der Waals surface area (Å²) in [4.78, 5) is 34.3. The highest BCUT2D eigenvalue weighted by atomic mass is 16.6. The second-order valence-corrected chi connectivity index (χ2v) is 11.2. The molecule has 0 radical (unpaired) electrons. The molecule has 10 heteroatoms. The van der Waals surface area contributed by atoms with Gasteiger partial charge in [-0.3, -0.25) is 9.69 Å². The van der Waals surface area contributed by atoms with Gasteiger partial charge in [0.2, 0.25) is 5.91 Å². The topological polar surface area (TPSA) is 130 Å². The zero-order valence-electron chi connectivity index (χ0n) is 24.4. The van der Waals surface area contributed by atoms with Gasteiger partial charge in [-0.1, -0.05) is 29.4 Å². The molecule has 1 aliphatic carbocycles. The number of amides is 2. The Balaban J connectivity index is 1.81. The molecule has 0 aromatic heterocycles. The average molecular weight is 550 g/mol. The predicted octanol–water partition coefficient (Wildman–Crippen LogP) is 4.50. The minimum absolute atomic E-state index is 0.0458. The summed E-state index contributed by atoms with van der Waals surface area (Å²) in [5, 5.41) is 13.6. The monoisotopic (exact) mass is 549 g/mol. The Labute approximate surface area is 236 Å². The van der Waals surface area contributed by atoms with Crippen LogP contribution < -0.4 is 10.5 Å². The molecular weight excluding hydrogens is 510 g/mol. The second-order valence-electron chi connectivity index (χ2n) is 11.2. The van der Waals surface area contributed by atoms with Crippen molar-refractivity contribution in [3.63, 3.8) is 0 Å². The van der Waals surface area contributed by atoms with E-state index in [1.54, 1.807) is 47.0 Å². The number of carbonyl (C=O) groups excluding carboxylic acids is 2. The van der Waals surface area contributed by atoms with E-state index in [2.05, 4.69) is 11.2 Å². The minimum atomic E-state index is -0.704. The van der Waals surface area contributed by atoms with Crippen LogP contribution in [0.5, 0.6) is 5.75 Å². The Kier molecular flexibility index (Phi) is 9.64. The lowest BCUT2D eigenvalue weighted by molar-refractivity contribution is -0.130. The van der Waals surface area contributed by atoms with Crippen molar-refractivity contribution in [2.24, 2.45) is 10.9 Å². The molecule has 2 aromatic carbocycles. The normalized spacial score (nSPS) is 14.8. The van der Waals surface area contributed by atoms with Gasteiger partial charge in [-0.15, -0.1) is 0 Å². The standard InChI is InChI=1S/C30H39N5O5/c1-19(2)39-26-14-11-20(15-21(26)16-31)18-38-33-28(32)24-10-8-9-23-22(24)12-13-25(23)35(17-27(36)34(6)7)29(37)40-30(3,4)5/h8-11,14-15,19,25H,12-13,17-18H2,1-7H3,(H2,32,33)/t25-/m0/s1. The van der Waals surface area contributed by atoms with Gasteiger partial charge in [0.05, 0.1) is 17.7 Å². The van der Waals surface area contributed by atoms with Gasteiger partial charge in [0.15, 0.2) is 5.84 Å². The van der Waals surface area contributed by atoms with E-state index >= 15 is 0 Å². The predicted molar refractivity (Wildman–Crippen MR) is 152 cm³/mol. The van der Waals surface area contributed by atoms with Crippen molar-refractivity contribution in [2.75, 3.05) is 20.6 Å². The third kappa shape index (κ3) is 7.65. The molecule has 0 spiro atoms. The van der Waals surface area contributed by atoms with Gasteiger partial charge in [0.1, 0.15) is 30.6 Å². The molecule has 0 unspecified atom stereocenters. The number of rotatable bonds is 9. The molecule has 2 N–H and O–H groups in total. The highest BCUT2D eigenvalue weighted by Gasteiger charge is 2.36. The summed E-state index contributed by atoms with van der Waals surface area (Å²) in [6.07, 6.45) is 0.667. The van der Waals surface area contributed by atoms with Crippen LogP contribution in [-0.4, -0.2) is 60.0 Å². The number of hydrogen-bond donors (Lipinski definition) is 1. The Morgan fingerprint density at radius 3 is 2.55 bits per heavy atom. The summed E-state index contributed by atoms with van der Waals surface area (Å²) in [6.45, 7) is 9.20. The van der Waals surface area contributed by atoms with Gasteiger partial charge in [-0.2, -0.15) is 5.26 Å². The summed E-state index contributed by atoms with van der Waals surface area (Å²) in [6, 6.07) is 12.7. The molecule has 0 saturated heterocycles. The van der Waals surface area contributed by atoms with E-state index in [0.717, 1.165) is 16.7 Å². The molecule has 10 nitrogen and oxygen atoms in total. The largest absolute Gasteiger partial charge is 0.490 e. The molecule has 1 aliphatic rings. The molecule has 2 amide bonds. The van der Waals surface area contributed by atoms with Crippen molar-refractivity contribution in [3.05, 3.63) is 64.2 Å². The molecule has 0 fully saturated rings. The first-order valence-electron chi connectivity index (χ1n) is 13.3. The second kappa shape index (κ2) is 12.7. The lowest BCUT2D eigenvalue weighted by Crippen LogP contribution is -2.44. The molecule has 0 bridgehead atoms. The summed E-state index contributed by atoms with van der Waals surface area (Å²) >= 11 is 0. The van der Waals surface area contributed by atoms with Crippen LogP contribution >= 0.6 is 0 Å². The summed E-state index contributed by atoms with van der Waals surface area (Å²) in [5.41, 5.74) is 9.36. The number of oxime groups is 1. The van der Waals surface area contributed by atoms with Crippen LogP contribution in [0, 0.1) is 11.3 Å². The fourth-order valence-electron chi connectivity index (χ4n) is 4.44. The smallest absolute Gasteiger partial charge is 0.411 e. The number of benzene rings is 2. The third-order valence-electron chi connectivity index (χ3n) is 6.24. The van der Waals surface area contributed by atoms with E-state index in [-0.39, 0.29) is 37.0 Å². The van der Waals surface area contributed by atoms with Crippen molar-refractivity contribution in [1.29, 1.82) is 5.26 Å². The number of nitriles is 1. The zero-order valence-corrected chi connectivity index (χ0v) is 24.4. The summed E-state index contributed by atoms with van der Waals surface area (Å²) in [5.74, 6) is 0.519. The Morgan fingerprint density at radius 2 is 1.93 bits per heavy atom. The van der Waals surface area contributed by atoms with Crippen LogP contribution in [-0.2, 0) is 27.4 Å². The quantitative estimate of drug-likeness (QED) is 0.277. The SMILES string of the molecule is CC(C)Oc1ccc(CO/N=C(\N)c2cccc3c2CC[C@@H]3N(CC(=O)N(C)C)C(=O)OC(C)(C)C)cc1C#N. The van der Waals surface area contributed by atoms with E-state index < -0.39 is 11.7 Å². The number of amidine groups is 1. The van der Waals surface area contributed by atoms with E-state index in [1.165, 1.54) is 9.80 Å². The van der Waals surface area contributed by atoms with Crippen LogP contribution in [0.3, 0.4) is 0 Å². The minimum Gasteiger partial charge on any atom is -0.490 e. The third-order valence-corrected chi connectivity index (χ3v) is 6.24. The van der Waals surface area contributed by atoms with Crippen LogP contribution in [0.4, 0.5) is 4.79 Å². The van der Waals surface area contributed by atoms with Gasteiger partial charge in [-0.25, -0.2) is 4.79 Å². The first kappa shape index (κ1) is 30.3. The van der Waals surface area contributed by atoms with Crippen LogP contribution in [0.25, 0.3) is 0 Å². The Morgan fingerprint density at radius 1 is 1.20 bits per heavy atom. The van der Waals surface area contributed by atoms with Gasteiger partial charge in [0.25, 0.3) is 0 Å².